The van der Waals surface area contributed by atoms with Gasteiger partial charge in [-0.2, -0.15) is 0 Å². The molecule has 10 heteroatoms. The molecule has 0 atom stereocenters. The highest BCUT2D eigenvalue weighted by molar-refractivity contribution is 5.90. The summed E-state index contributed by atoms with van der Waals surface area (Å²) in [6, 6.07) is 9.97. The number of hydrogen-bond donors (Lipinski definition) is 1. The third-order valence-electron chi connectivity index (χ3n) is 4.20. The number of nitrogens with one attached hydrogen (secondary N) is 1. The number of nitrogens with zero attached hydrogens (tertiary/aromatic N) is 4. The van der Waals surface area contributed by atoms with Gasteiger partial charge in [-0.25, -0.2) is 27.6 Å². The number of aryl methyl sites for hydroxylation is 1. The van der Waals surface area contributed by atoms with Gasteiger partial charge in [0.15, 0.2) is 0 Å². The topological polar surface area (TPSA) is 90.5 Å². The molecule has 0 unspecified atom stereocenters. The van der Waals surface area contributed by atoms with Crippen LogP contribution >= 0.6 is 0 Å². The zero-order chi connectivity index (χ0) is 21.3. The number of halogens is 2. The fourth-order valence-corrected chi connectivity index (χ4v) is 2.74. The van der Waals surface area contributed by atoms with Gasteiger partial charge in [0.25, 0.3) is 5.88 Å². The number of aromatic nitrogens is 4. The zero-order valence-electron chi connectivity index (χ0n) is 15.7. The van der Waals surface area contributed by atoms with E-state index >= 15 is 0 Å². The summed E-state index contributed by atoms with van der Waals surface area (Å²) in [5.74, 6) is -1.81. The predicted molar refractivity (Wildman–Crippen MR) is 103 cm³/mol. The Hall–Kier alpha value is -4.08. The van der Waals surface area contributed by atoms with Crippen LogP contribution in [0.4, 0.5) is 14.5 Å². The highest BCUT2D eigenvalue weighted by Gasteiger charge is 2.16. The smallest absolute Gasteiger partial charge is 0.351 e. The molecule has 2 aromatic heterocycles. The number of fused-ring (bicyclic) bond motifs is 1. The summed E-state index contributed by atoms with van der Waals surface area (Å²) in [5.41, 5.74) is 0.362. The second kappa shape index (κ2) is 7.74. The van der Waals surface area contributed by atoms with Gasteiger partial charge in [0, 0.05) is 18.5 Å². The molecule has 0 saturated heterocycles. The Kier molecular flexibility index (Phi) is 4.97. The maximum absolute atomic E-state index is 13.7. The normalized spacial score (nSPS) is 10.9. The van der Waals surface area contributed by atoms with Crippen LogP contribution in [0.15, 0.2) is 59.7 Å². The second-order valence-electron chi connectivity index (χ2n) is 6.45. The number of benzene rings is 2. The molecular formula is C20H15F2N5O3. The highest BCUT2D eigenvalue weighted by atomic mass is 19.1. The lowest BCUT2D eigenvalue weighted by Gasteiger charge is -2.06. The van der Waals surface area contributed by atoms with Crippen molar-refractivity contribution in [2.24, 2.45) is 0 Å². The number of carbonyl (C=O) groups is 1. The first-order chi connectivity index (χ1) is 14.4. The molecule has 30 heavy (non-hydrogen) atoms. The van der Waals surface area contributed by atoms with Gasteiger partial charge >= 0.3 is 5.69 Å². The van der Waals surface area contributed by atoms with Gasteiger partial charge in [0.1, 0.15) is 23.9 Å². The highest BCUT2D eigenvalue weighted by Crippen LogP contribution is 2.22. The largest absolute Gasteiger partial charge is 0.436 e. The van der Waals surface area contributed by atoms with Crippen LogP contribution < -0.4 is 15.7 Å². The molecular weight excluding hydrogens is 396 g/mol. The SMILES string of the molecule is Cc1ccc(Oc2nccn3c(=O)n(CC(=O)Nc4ccc(F)cc4F)nc23)cc1. The zero-order valence-corrected chi connectivity index (χ0v) is 15.7. The summed E-state index contributed by atoms with van der Waals surface area (Å²) in [6.07, 6.45) is 2.76. The number of rotatable bonds is 5. The Morgan fingerprint density at radius 1 is 1.17 bits per heavy atom. The van der Waals surface area contributed by atoms with Gasteiger partial charge in [-0.3, -0.25) is 4.79 Å². The molecule has 2 heterocycles. The quantitative estimate of drug-likeness (QED) is 0.545. The number of hydrogen-bond acceptors (Lipinski definition) is 5. The van der Waals surface area contributed by atoms with E-state index in [2.05, 4.69) is 15.4 Å². The van der Waals surface area contributed by atoms with Crippen molar-refractivity contribution in [2.45, 2.75) is 13.5 Å². The van der Waals surface area contributed by atoms with E-state index < -0.39 is 29.8 Å². The molecule has 2 aromatic carbocycles. The monoisotopic (exact) mass is 411 g/mol. The summed E-state index contributed by atoms with van der Waals surface area (Å²) in [7, 11) is 0. The second-order valence-corrected chi connectivity index (χ2v) is 6.45. The first kappa shape index (κ1) is 19.2. The van der Waals surface area contributed by atoms with E-state index in [0.29, 0.717) is 11.8 Å². The lowest BCUT2D eigenvalue weighted by atomic mass is 10.2. The van der Waals surface area contributed by atoms with Gasteiger partial charge in [-0.15, -0.1) is 5.10 Å². The molecule has 1 N–H and O–H groups in total. The van der Waals surface area contributed by atoms with Crippen LogP contribution in [0.3, 0.4) is 0 Å². The lowest BCUT2D eigenvalue weighted by molar-refractivity contribution is -0.117. The molecule has 0 fully saturated rings. The van der Waals surface area contributed by atoms with Gasteiger partial charge in [0.2, 0.25) is 11.6 Å². The van der Waals surface area contributed by atoms with Crippen molar-refractivity contribution in [3.05, 3.63) is 82.5 Å². The first-order valence-corrected chi connectivity index (χ1v) is 8.84. The molecule has 4 aromatic rings. The third kappa shape index (κ3) is 3.88. The lowest BCUT2D eigenvalue weighted by Crippen LogP contribution is -2.28. The Morgan fingerprint density at radius 2 is 1.93 bits per heavy atom. The summed E-state index contributed by atoms with van der Waals surface area (Å²) in [4.78, 5) is 28.9. The summed E-state index contributed by atoms with van der Waals surface area (Å²) in [6.45, 7) is 1.45. The minimum Gasteiger partial charge on any atom is -0.436 e. The van der Waals surface area contributed by atoms with Crippen molar-refractivity contribution in [2.75, 3.05) is 5.32 Å². The van der Waals surface area contributed by atoms with Gasteiger partial charge < -0.3 is 10.1 Å². The van der Waals surface area contributed by atoms with E-state index in [1.54, 1.807) is 12.1 Å². The van der Waals surface area contributed by atoms with Crippen LogP contribution in [0.2, 0.25) is 0 Å². The summed E-state index contributed by atoms with van der Waals surface area (Å²) < 4.78 is 34.5. The average molecular weight is 411 g/mol. The van der Waals surface area contributed by atoms with Gasteiger partial charge in [0.05, 0.1) is 5.69 Å². The van der Waals surface area contributed by atoms with Gasteiger partial charge in [-0.1, -0.05) is 17.7 Å². The molecule has 0 radical (unpaired) electrons. The van der Waals surface area contributed by atoms with Crippen molar-refractivity contribution < 1.29 is 18.3 Å². The van der Waals surface area contributed by atoms with Crippen molar-refractivity contribution in [1.82, 2.24) is 19.2 Å². The number of carbonyl (C=O) groups excluding carboxylic acids is 1. The molecule has 0 aliphatic heterocycles. The summed E-state index contributed by atoms with van der Waals surface area (Å²) in [5, 5.41) is 6.39. The molecule has 0 bridgehead atoms. The maximum atomic E-state index is 13.7. The van der Waals surface area contributed by atoms with E-state index in [9.17, 15) is 18.4 Å². The van der Waals surface area contributed by atoms with Crippen LogP contribution in [0, 0.1) is 18.6 Å². The molecule has 8 nitrogen and oxygen atoms in total. The van der Waals surface area contributed by atoms with Crippen LogP contribution in [0.1, 0.15) is 5.56 Å². The van der Waals surface area contributed by atoms with Crippen molar-refractivity contribution in [1.29, 1.82) is 0 Å². The van der Waals surface area contributed by atoms with Crippen LogP contribution in [-0.2, 0) is 11.3 Å². The molecule has 4 rings (SSSR count). The Balaban J connectivity index is 1.59. The fraction of sp³-hybridized carbons (Fsp3) is 0.100. The van der Waals surface area contributed by atoms with E-state index in [0.717, 1.165) is 22.4 Å². The van der Waals surface area contributed by atoms with Gasteiger partial charge in [-0.05, 0) is 31.2 Å². The fourth-order valence-electron chi connectivity index (χ4n) is 2.74. The molecule has 0 saturated carbocycles. The maximum Gasteiger partial charge on any atom is 0.351 e. The van der Waals surface area contributed by atoms with Crippen molar-refractivity contribution in [3.63, 3.8) is 0 Å². The Bertz CT molecular complexity index is 1300. The standard InChI is InChI=1S/C20H15F2N5O3/c1-12-2-5-14(6-3-12)30-19-18-25-27(20(29)26(18)9-8-23-19)11-17(28)24-16-7-4-13(21)10-15(16)22/h2-10H,11H2,1H3,(H,24,28). The summed E-state index contributed by atoms with van der Waals surface area (Å²) >= 11 is 0. The van der Waals surface area contributed by atoms with E-state index in [4.69, 9.17) is 4.74 Å². The van der Waals surface area contributed by atoms with E-state index in [1.807, 2.05) is 19.1 Å². The van der Waals surface area contributed by atoms with Crippen LogP contribution in [-0.4, -0.2) is 25.1 Å². The molecule has 0 aliphatic rings. The molecule has 152 valence electrons. The van der Waals surface area contributed by atoms with Crippen molar-refractivity contribution >= 4 is 17.2 Å². The third-order valence-corrected chi connectivity index (χ3v) is 4.20. The molecule has 0 spiro atoms. The van der Waals surface area contributed by atoms with E-state index in [1.165, 1.54) is 16.8 Å². The number of amides is 1. The predicted octanol–water partition coefficient (Wildman–Crippen LogP) is 2.91. The van der Waals surface area contributed by atoms with E-state index in [-0.39, 0.29) is 17.2 Å². The Labute approximate surface area is 168 Å². The molecule has 1 amide bonds. The Morgan fingerprint density at radius 3 is 2.67 bits per heavy atom. The average Bonchev–Trinajstić information content (AvgIpc) is 3.02. The first-order valence-electron chi connectivity index (χ1n) is 8.84. The number of anilines is 1. The van der Waals surface area contributed by atoms with Crippen molar-refractivity contribution in [3.8, 4) is 11.6 Å². The minimum atomic E-state index is -0.927. The molecule has 0 aliphatic carbocycles. The number of ether oxygens (including phenoxy) is 1. The van der Waals surface area contributed by atoms with Crippen LogP contribution in [0.5, 0.6) is 11.6 Å². The minimum absolute atomic E-state index is 0.0854. The van der Waals surface area contributed by atoms with Crippen LogP contribution in [0.25, 0.3) is 5.65 Å².